The molecular weight excluding hydrogens is 208 g/mol. The SMILES string of the molecule is CC(=O)OCC(COC(C)=O)CC(C)(C)C. The predicted molar refractivity (Wildman–Crippen MR) is 60.8 cm³/mol. The van der Waals surface area contributed by atoms with Crippen molar-refractivity contribution in [3.63, 3.8) is 0 Å². The quantitative estimate of drug-likeness (QED) is 0.679. The predicted octanol–water partition coefficient (Wildman–Crippen LogP) is 2.17. The number of carbonyl (C=O) groups is 2. The lowest BCUT2D eigenvalue weighted by Gasteiger charge is -2.25. The zero-order chi connectivity index (χ0) is 12.8. The first kappa shape index (κ1) is 14.9. The highest BCUT2D eigenvalue weighted by Gasteiger charge is 2.20. The summed E-state index contributed by atoms with van der Waals surface area (Å²) in [6.45, 7) is 9.66. The van der Waals surface area contributed by atoms with E-state index in [1.807, 2.05) is 0 Å². The van der Waals surface area contributed by atoms with Crippen LogP contribution in [0.3, 0.4) is 0 Å². The Balaban J connectivity index is 4.15. The van der Waals surface area contributed by atoms with E-state index in [0.29, 0.717) is 13.2 Å². The highest BCUT2D eigenvalue weighted by molar-refractivity contribution is 5.66. The van der Waals surface area contributed by atoms with E-state index in [2.05, 4.69) is 20.8 Å². The molecule has 16 heavy (non-hydrogen) atoms. The van der Waals surface area contributed by atoms with E-state index in [1.54, 1.807) is 0 Å². The Bertz CT molecular complexity index is 222. The lowest BCUT2D eigenvalue weighted by Crippen LogP contribution is -2.24. The molecule has 0 N–H and O–H groups in total. The van der Waals surface area contributed by atoms with Gasteiger partial charge in [-0.1, -0.05) is 20.8 Å². The van der Waals surface area contributed by atoms with E-state index in [9.17, 15) is 9.59 Å². The van der Waals surface area contributed by atoms with Crippen LogP contribution < -0.4 is 0 Å². The first-order valence-electron chi connectivity index (χ1n) is 5.47. The molecule has 0 rings (SSSR count). The Hall–Kier alpha value is -1.06. The Morgan fingerprint density at radius 2 is 1.38 bits per heavy atom. The van der Waals surface area contributed by atoms with Crippen LogP contribution in [0.25, 0.3) is 0 Å². The molecule has 0 fully saturated rings. The Kier molecular flexibility index (Phi) is 6.08. The number of carbonyl (C=O) groups excluding carboxylic acids is 2. The fraction of sp³-hybridized carbons (Fsp3) is 0.833. The van der Waals surface area contributed by atoms with Gasteiger partial charge in [0.25, 0.3) is 0 Å². The van der Waals surface area contributed by atoms with Crippen LogP contribution in [-0.4, -0.2) is 25.2 Å². The smallest absolute Gasteiger partial charge is 0.302 e. The molecule has 0 bridgehead atoms. The van der Waals surface area contributed by atoms with Crippen molar-refractivity contribution >= 4 is 11.9 Å². The molecule has 94 valence electrons. The minimum absolute atomic E-state index is 0.0628. The summed E-state index contributed by atoms with van der Waals surface area (Å²) in [7, 11) is 0. The summed E-state index contributed by atoms with van der Waals surface area (Å²) in [6.07, 6.45) is 0.841. The summed E-state index contributed by atoms with van der Waals surface area (Å²) in [5, 5.41) is 0. The molecule has 0 atom stereocenters. The van der Waals surface area contributed by atoms with E-state index in [4.69, 9.17) is 9.47 Å². The van der Waals surface area contributed by atoms with Crippen molar-refractivity contribution in [2.75, 3.05) is 13.2 Å². The number of ether oxygens (including phenoxy) is 2. The monoisotopic (exact) mass is 230 g/mol. The first-order chi connectivity index (χ1) is 7.20. The largest absolute Gasteiger partial charge is 0.465 e. The van der Waals surface area contributed by atoms with Gasteiger partial charge >= 0.3 is 11.9 Å². The average molecular weight is 230 g/mol. The molecule has 0 radical (unpaired) electrons. The molecule has 4 heteroatoms. The van der Waals surface area contributed by atoms with Crippen LogP contribution >= 0.6 is 0 Å². The van der Waals surface area contributed by atoms with Crippen molar-refractivity contribution in [3.05, 3.63) is 0 Å². The van der Waals surface area contributed by atoms with Gasteiger partial charge < -0.3 is 9.47 Å². The van der Waals surface area contributed by atoms with Gasteiger partial charge in [0.1, 0.15) is 0 Å². The van der Waals surface area contributed by atoms with Crippen molar-refractivity contribution in [2.24, 2.45) is 11.3 Å². The molecule has 0 unspecified atom stereocenters. The zero-order valence-corrected chi connectivity index (χ0v) is 10.8. The van der Waals surface area contributed by atoms with Gasteiger partial charge in [0.2, 0.25) is 0 Å². The van der Waals surface area contributed by atoms with Crippen molar-refractivity contribution in [1.29, 1.82) is 0 Å². The number of rotatable bonds is 5. The van der Waals surface area contributed by atoms with Crippen molar-refractivity contribution in [2.45, 2.75) is 41.0 Å². The normalized spacial score (nSPS) is 11.4. The van der Waals surface area contributed by atoms with Gasteiger partial charge in [-0.15, -0.1) is 0 Å². The third-order valence-electron chi connectivity index (χ3n) is 1.95. The van der Waals surface area contributed by atoms with E-state index in [1.165, 1.54) is 13.8 Å². The minimum Gasteiger partial charge on any atom is -0.465 e. The Morgan fingerprint density at radius 1 is 1.00 bits per heavy atom. The first-order valence-corrected chi connectivity index (χ1v) is 5.47. The van der Waals surface area contributed by atoms with Gasteiger partial charge in [0.05, 0.1) is 13.2 Å². The summed E-state index contributed by atoms with van der Waals surface area (Å²) in [5.74, 6) is -0.545. The van der Waals surface area contributed by atoms with Crippen LogP contribution in [-0.2, 0) is 19.1 Å². The van der Waals surface area contributed by atoms with Crippen LogP contribution in [0.5, 0.6) is 0 Å². The van der Waals surface area contributed by atoms with Crippen molar-refractivity contribution in [3.8, 4) is 0 Å². The fourth-order valence-corrected chi connectivity index (χ4v) is 1.50. The number of esters is 2. The summed E-state index contributed by atoms with van der Waals surface area (Å²) in [6, 6.07) is 0. The molecule has 0 aliphatic carbocycles. The third-order valence-corrected chi connectivity index (χ3v) is 1.95. The molecule has 0 aliphatic heterocycles. The van der Waals surface area contributed by atoms with Gasteiger partial charge in [-0.3, -0.25) is 9.59 Å². The summed E-state index contributed by atoms with van der Waals surface area (Å²) >= 11 is 0. The molecule has 0 saturated carbocycles. The maximum atomic E-state index is 10.7. The fourth-order valence-electron chi connectivity index (χ4n) is 1.50. The maximum absolute atomic E-state index is 10.7. The molecule has 0 aliphatic rings. The third kappa shape index (κ3) is 9.49. The number of hydrogen-bond donors (Lipinski definition) is 0. The molecule has 4 nitrogen and oxygen atoms in total. The molecule has 0 amide bonds. The second-order valence-electron chi connectivity index (χ2n) is 5.24. The van der Waals surface area contributed by atoms with E-state index < -0.39 is 0 Å². The number of hydrogen-bond acceptors (Lipinski definition) is 4. The topological polar surface area (TPSA) is 52.6 Å². The van der Waals surface area contributed by atoms with Gasteiger partial charge in [0.15, 0.2) is 0 Å². The summed E-state index contributed by atoms with van der Waals surface area (Å²) in [4.78, 5) is 21.4. The zero-order valence-electron chi connectivity index (χ0n) is 10.8. The lowest BCUT2D eigenvalue weighted by molar-refractivity contribution is -0.146. The Morgan fingerprint density at radius 3 is 1.62 bits per heavy atom. The standard InChI is InChI=1S/C12H22O4/c1-9(13)15-7-11(6-12(3,4)5)8-16-10(2)14/h11H,6-8H2,1-5H3. The minimum atomic E-state index is -0.304. The van der Waals surface area contributed by atoms with Crippen LogP contribution in [0.1, 0.15) is 41.0 Å². The van der Waals surface area contributed by atoms with E-state index >= 15 is 0 Å². The van der Waals surface area contributed by atoms with Crippen LogP contribution in [0.2, 0.25) is 0 Å². The molecule has 0 spiro atoms. The molecule has 0 heterocycles. The van der Waals surface area contributed by atoms with Gasteiger partial charge in [-0.2, -0.15) is 0 Å². The molecular formula is C12H22O4. The van der Waals surface area contributed by atoms with Gasteiger partial charge in [-0.25, -0.2) is 0 Å². The van der Waals surface area contributed by atoms with Crippen LogP contribution in [0.4, 0.5) is 0 Å². The summed E-state index contributed by atoms with van der Waals surface area (Å²) in [5.41, 5.74) is 0.116. The highest BCUT2D eigenvalue weighted by atomic mass is 16.5. The van der Waals surface area contributed by atoms with Crippen LogP contribution in [0.15, 0.2) is 0 Å². The van der Waals surface area contributed by atoms with E-state index in [-0.39, 0.29) is 23.3 Å². The maximum Gasteiger partial charge on any atom is 0.302 e. The van der Waals surface area contributed by atoms with Crippen molar-refractivity contribution in [1.82, 2.24) is 0 Å². The van der Waals surface area contributed by atoms with Gasteiger partial charge in [0, 0.05) is 19.8 Å². The van der Waals surface area contributed by atoms with E-state index in [0.717, 1.165) is 6.42 Å². The second kappa shape index (κ2) is 6.51. The lowest BCUT2D eigenvalue weighted by atomic mass is 9.85. The molecule has 0 aromatic carbocycles. The summed E-state index contributed by atoms with van der Waals surface area (Å²) < 4.78 is 9.90. The molecule has 0 aromatic rings. The van der Waals surface area contributed by atoms with Gasteiger partial charge in [-0.05, 0) is 11.8 Å². The highest BCUT2D eigenvalue weighted by Crippen LogP contribution is 2.24. The van der Waals surface area contributed by atoms with Crippen molar-refractivity contribution < 1.29 is 19.1 Å². The molecule has 0 saturated heterocycles. The molecule has 0 aromatic heterocycles. The van der Waals surface area contributed by atoms with Crippen LogP contribution in [0, 0.1) is 11.3 Å². The Labute approximate surface area is 97.3 Å². The second-order valence-corrected chi connectivity index (χ2v) is 5.24. The average Bonchev–Trinajstić information content (AvgIpc) is 2.07.